The van der Waals surface area contributed by atoms with Crippen LogP contribution in [0.5, 0.6) is 0 Å². The molecule has 6 nitrogen and oxygen atoms in total. The number of carbonyl (C=O) groups excluding carboxylic acids is 2. The second-order valence-electron chi connectivity index (χ2n) is 7.86. The van der Waals surface area contributed by atoms with E-state index in [4.69, 9.17) is 4.74 Å². The molecule has 0 spiro atoms. The number of hydrogen-bond donors (Lipinski definition) is 1. The lowest BCUT2D eigenvalue weighted by molar-refractivity contribution is -0.140. The Morgan fingerprint density at radius 2 is 2.07 bits per heavy atom. The first-order valence-electron chi connectivity index (χ1n) is 9.29. The number of fused-ring (bicyclic) bond motifs is 5. The zero-order chi connectivity index (χ0) is 19.3. The van der Waals surface area contributed by atoms with Crippen LogP contribution in [0.15, 0.2) is 33.9 Å². The van der Waals surface area contributed by atoms with Crippen molar-refractivity contribution in [2.24, 2.45) is 11.3 Å². The molecule has 138 valence electrons. The molecule has 0 radical (unpaired) electrons. The molecule has 0 aromatic carbocycles. The van der Waals surface area contributed by atoms with E-state index >= 15 is 0 Å². The summed E-state index contributed by atoms with van der Waals surface area (Å²) in [5, 5.41) is 23.6. The molecule has 4 aliphatic rings. The first kappa shape index (κ1) is 17.7. The predicted octanol–water partition coefficient (Wildman–Crippen LogP) is 2.25. The molecule has 3 atom stereocenters. The number of rotatable bonds is 2. The molecule has 2 unspecified atom stereocenters. The summed E-state index contributed by atoms with van der Waals surface area (Å²) >= 11 is 0. The third kappa shape index (κ3) is 2.56. The van der Waals surface area contributed by atoms with Crippen LogP contribution in [0.4, 0.5) is 0 Å². The van der Waals surface area contributed by atoms with Crippen LogP contribution < -0.4 is 5.32 Å². The number of ether oxygens (including phenoxy) is 1. The summed E-state index contributed by atoms with van der Waals surface area (Å²) in [5.41, 5.74) is 2.74. The van der Waals surface area contributed by atoms with Gasteiger partial charge in [-0.3, -0.25) is 9.59 Å². The van der Waals surface area contributed by atoms with Gasteiger partial charge in [0.2, 0.25) is 0 Å². The van der Waals surface area contributed by atoms with Gasteiger partial charge < -0.3 is 10.1 Å². The van der Waals surface area contributed by atoms with Crippen molar-refractivity contribution in [1.29, 1.82) is 10.5 Å². The van der Waals surface area contributed by atoms with Crippen LogP contribution in [0.25, 0.3) is 0 Å². The number of ketones is 1. The molecule has 4 rings (SSSR count). The van der Waals surface area contributed by atoms with Crippen LogP contribution in [0.2, 0.25) is 0 Å². The molecule has 2 heterocycles. The van der Waals surface area contributed by atoms with Crippen molar-refractivity contribution in [2.45, 2.75) is 51.6 Å². The smallest absolute Gasteiger partial charge is 0.302 e. The van der Waals surface area contributed by atoms with Gasteiger partial charge >= 0.3 is 5.97 Å². The van der Waals surface area contributed by atoms with Crippen molar-refractivity contribution in [3.63, 3.8) is 0 Å². The first-order valence-corrected chi connectivity index (χ1v) is 9.29. The third-order valence-electron chi connectivity index (χ3n) is 6.42. The monoisotopic (exact) mass is 363 g/mol. The molecule has 6 heteroatoms. The SMILES string of the molecule is CC(=O)OCC1=C2CC(C#N)(C#N)C3=CC4CCC(N4)[C@@H]3C(C)=C2CC1=O. The largest absolute Gasteiger partial charge is 0.461 e. The summed E-state index contributed by atoms with van der Waals surface area (Å²) in [6.07, 6.45) is 4.49. The summed E-state index contributed by atoms with van der Waals surface area (Å²) in [7, 11) is 0. The number of nitrogens with zero attached hydrogens (tertiary/aromatic N) is 2. The highest BCUT2D eigenvalue weighted by Gasteiger charge is 2.51. The van der Waals surface area contributed by atoms with E-state index in [1.54, 1.807) is 0 Å². The van der Waals surface area contributed by atoms with E-state index < -0.39 is 11.4 Å². The van der Waals surface area contributed by atoms with Crippen molar-refractivity contribution in [1.82, 2.24) is 5.32 Å². The average Bonchev–Trinajstić information content (AvgIpc) is 3.14. The Morgan fingerprint density at radius 3 is 2.74 bits per heavy atom. The standard InChI is InChI=1S/C21H21N3O3/c1-11-14-6-19(26)16(8-27-12(2)25)15(14)7-21(9-22,10-23)17-5-13-3-4-18(24-13)20(11)17/h5,13,18,20,24H,3-4,6-8H2,1-2H3/t13?,18?,20-/m1/s1. The van der Waals surface area contributed by atoms with E-state index in [1.165, 1.54) is 6.92 Å². The van der Waals surface area contributed by atoms with Gasteiger partial charge in [-0.05, 0) is 36.5 Å². The average molecular weight is 363 g/mol. The van der Waals surface area contributed by atoms with E-state index in [0.717, 1.165) is 35.1 Å². The third-order valence-corrected chi connectivity index (χ3v) is 6.42. The zero-order valence-corrected chi connectivity index (χ0v) is 15.5. The Labute approximate surface area is 158 Å². The number of hydrogen-bond acceptors (Lipinski definition) is 6. The van der Waals surface area contributed by atoms with Crippen LogP contribution in [-0.4, -0.2) is 30.4 Å². The molecule has 0 aromatic rings. The quantitative estimate of drug-likeness (QED) is 0.596. The molecule has 1 N–H and O–H groups in total. The predicted molar refractivity (Wildman–Crippen MR) is 95.8 cm³/mol. The summed E-state index contributed by atoms with van der Waals surface area (Å²) in [6.45, 7) is 3.22. The van der Waals surface area contributed by atoms with Crippen molar-refractivity contribution in [3.8, 4) is 12.1 Å². The van der Waals surface area contributed by atoms with Gasteiger partial charge in [0.1, 0.15) is 6.61 Å². The van der Waals surface area contributed by atoms with E-state index in [-0.39, 0.29) is 43.2 Å². The molecule has 2 aliphatic carbocycles. The summed E-state index contributed by atoms with van der Waals surface area (Å²) in [6, 6.07) is 4.94. The van der Waals surface area contributed by atoms with Gasteiger partial charge in [0, 0.05) is 43.3 Å². The van der Waals surface area contributed by atoms with Crippen molar-refractivity contribution >= 4 is 11.8 Å². The Bertz CT molecular complexity index is 911. The van der Waals surface area contributed by atoms with E-state index in [1.807, 2.05) is 6.92 Å². The first-order chi connectivity index (χ1) is 12.9. The maximum Gasteiger partial charge on any atom is 0.302 e. The Kier molecular flexibility index (Phi) is 4.05. The normalized spacial score (nSPS) is 30.7. The highest BCUT2D eigenvalue weighted by atomic mass is 16.5. The fraction of sp³-hybridized carbons (Fsp3) is 0.524. The van der Waals surface area contributed by atoms with E-state index in [0.29, 0.717) is 5.57 Å². The Hall–Kier alpha value is -2.70. The molecular formula is C21H21N3O3. The van der Waals surface area contributed by atoms with Crippen molar-refractivity contribution in [2.75, 3.05) is 6.61 Å². The molecule has 0 aromatic heterocycles. The second kappa shape index (κ2) is 6.18. The van der Waals surface area contributed by atoms with Crippen LogP contribution >= 0.6 is 0 Å². The van der Waals surface area contributed by atoms with E-state index in [9.17, 15) is 20.1 Å². The topological polar surface area (TPSA) is 103 Å². The Morgan fingerprint density at radius 1 is 1.33 bits per heavy atom. The number of Topliss-reactive ketones (excluding diaryl/α,β-unsaturated/α-hetero) is 1. The van der Waals surface area contributed by atoms with Gasteiger partial charge in [-0.2, -0.15) is 10.5 Å². The molecule has 2 bridgehead atoms. The number of esters is 1. The minimum atomic E-state index is -1.29. The molecular weight excluding hydrogens is 342 g/mol. The van der Waals surface area contributed by atoms with Crippen LogP contribution in [0, 0.1) is 34.0 Å². The lowest BCUT2D eigenvalue weighted by Gasteiger charge is -2.36. The fourth-order valence-corrected chi connectivity index (χ4v) is 5.12. The maximum absolute atomic E-state index is 12.6. The summed E-state index contributed by atoms with van der Waals surface area (Å²) in [5.74, 6) is -0.578. The lowest BCUT2D eigenvalue weighted by atomic mass is 9.69. The number of nitrogens with one attached hydrogen (secondary N) is 1. The van der Waals surface area contributed by atoms with Crippen LogP contribution in [0.3, 0.4) is 0 Å². The fourth-order valence-electron chi connectivity index (χ4n) is 5.12. The summed E-state index contributed by atoms with van der Waals surface area (Å²) < 4.78 is 5.09. The molecule has 27 heavy (non-hydrogen) atoms. The van der Waals surface area contributed by atoms with Gasteiger partial charge in [-0.1, -0.05) is 11.6 Å². The van der Waals surface area contributed by atoms with Gasteiger partial charge in [-0.15, -0.1) is 0 Å². The van der Waals surface area contributed by atoms with Crippen LogP contribution in [0.1, 0.15) is 39.5 Å². The number of carbonyl (C=O) groups is 2. The molecule has 0 saturated carbocycles. The maximum atomic E-state index is 12.6. The van der Waals surface area contributed by atoms with Gasteiger partial charge in [0.05, 0.1) is 12.1 Å². The van der Waals surface area contributed by atoms with Crippen molar-refractivity contribution in [3.05, 3.63) is 33.9 Å². The lowest BCUT2D eigenvalue weighted by Crippen LogP contribution is -2.43. The second-order valence-corrected chi connectivity index (χ2v) is 7.86. The minimum Gasteiger partial charge on any atom is -0.461 e. The molecule has 0 amide bonds. The van der Waals surface area contributed by atoms with Gasteiger partial charge in [0.15, 0.2) is 11.2 Å². The minimum absolute atomic E-state index is 0.0450. The van der Waals surface area contributed by atoms with Crippen LogP contribution in [-0.2, 0) is 14.3 Å². The highest BCUT2D eigenvalue weighted by Crippen LogP contribution is 2.53. The summed E-state index contributed by atoms with van der Waals surface area (Å²) in [4.78, 5) is 23.9. The number of nitriles is 2. The molecule has 1 saturated heterocycles. The highest BCUT2D eigenvalue weighted by molar-refractivity contribution is 6.03. The van der Waals surface area contributed by atoms with Gasteiger partial charge in [0.25, 0.3) is 0 Å². The van der Waals surface area contributed by atoms with Crippen molar-refractivity contribution < 1.29 is 14.3 Å². The Balaban J connectivity index is 1.91. The van der Waals surface area contributed by atoms with E-state index in [2.05, 4.69) is 23.5 Å². The molecule has 1 fully saturated rings. The van der Waals surface area contributed by atoms with Gasteiger partial charge in [-0.25, -0.2) is 0 Å². The number of allylic oxidation sites excluding steroid dienone is 2. The molecule has 2 aliphatic heterocycles. The zero-order valence-electron chi connectivity index (χ0n) is 15.5.